The van der Waals surface area contributed by atoms with Crippen LogP contribution >= 0.6 is 0 Å². The first-order valence-electron chi connectivity index (χ1n) is 8.18. The monoisotopic (exact) mass is 321 g/mol. The van der Waals surface area contributed by atoms with Crippen molar-refractivity contribution in [2.24, 2.45) is 0 Å². The number of carbonyl (C=O) groups is 2. The van der Waals surface area contributed by atoms with Gasteiger partial charge in [0.2, 0.25) is 5.91 Å². The lowest BCUT2D eigenvalue weighted by atomic mass is 10.00. The number of pyridine rings is 1. The predicted molar refractivity (Wildman–Crippen MR) is 90.5 cm³/mol. The fourth-order valence-electron chi connectivity index (χ4n) is 3.41. The lowest BCUT2D eigenvalue weighted by Crippen LogP contribution is -2.33. The number of nitrogens with one attached hydrogen (secondary N) is 1. The zero-order chi connectivity index (χ0) is 16.8. The molecule has 2 atom stereocenters. The molecule has 2 aliphatic rings. The average molecular weight is 321 g/mol. The maximum absolute atomic E-state index is 11.8. The molecule has 5 heteroatoms. The van der Waals surface area contributed by atoms with Crippen molar-refractivity contribution in [3.05, 3.63) is 53.2 Å². The van der Waals surface area contributed by atoms with E-state index in [0.29, 0.717) is 0 Å². The summed E-state index contributed by atoms with van der Waals surface area (Å²) in [7, 11) is 0. The first-order valence-corrected chi connectivity index (χ1v) is 8.18. The molecule has 1 saturated heterocycles. The topological polar surface area (TPSA) is 62.3 Å². The molecule has 0 bridgehead atoms. The lowest BCUT2D eigenvalue weighted by Gasteiger charge is -2.12. The summed E-state index contributed by atoms with van der Waals surface area (Å²) in [5.41, 5.74) is 5.66. The molecule has 1 aliphatic heterocycles. The summed E-state index contributed by atoms with van der Waals surface area (Å²) in [5.74, 6) is 0.0745. The van der Waals surface area contributed by atoms with Crippen LogP contribution in [0.5, 0.6) is 0 Å². The zero-order valence-electron chi connectivity index (χ0n) is 13.7. The minimum absolute atomic E-state index is 0.0200. The van der Waals surface area contributed by atoms with E-state index >= 15 is 0 Å². The van der Waals surface area contributed by atoms with Gasteiger partial charge in [0.25, 0.3) is 0 Å². The molecule has 3 amide bonds. The molecule has 0 unspecified atom stereocenters. The molecule has 1 saturated carbocycles. The van der Waals surface area contributed by atoms with Crippen LogP contribution < -0.4 is 5.32 Å². The van der Waals surface area contributed by atoms with E-state index in [0.717, 1.165) is 23.2 Å². The van der Waals surface area contributed by atoms with Crippen molar-refractivity contribution in [3.63, 3.8) is 0 Å². The van der Waals surface area contributed by atoms with Crippen molar-refractivity contribution in [1.82, 2.24) is 15.2 Å². The smallest absolute Gasteiger partial charge is 0.324 e. The summed E-state index contributed by atoms with van der Waals surface area (Å²) in [6, 6.07) is 10.0. The van der Waals surface area contributed by atoms with Gasteiger partial charge in [0.15, 0.2) is 0 Å². The van der Waals surface area contributed by atoms with Gasteiger partial charge >= 0.3 is 6.03 Å². The average Bonchev–Trinajstić information content (AvgIpc) is 3.29. The fourth-order valence-corrected chi connectivity index (χ4v) is 3.41. The summed E-state index contributed by atoms with van der Waals surface area (Å²) in [4.78, 5) is 29.5. The Hall–Kier alpha value is -2.69. The fraction of sp³-hybridized carbons (Fsp3) is 0.316. The van der Waals surface area contributed by atoms with Gasteiger partial charge in [0, 0.05) is 23.7 Å². The molecule has 5 nitrogen and oxygen atoms in total. The van der Waals surface area contributed by atoms with Crippen LogP contribution in [0.4, 0.5) is 4.79 Å². The molecule has 24 heavy (non-hydrogen) atoms. The largest absolute Gasteiger partial charge is 0.329 e. The number of carbonyl (C=O) groups excluding carboxylic acids is 2. The van der Waals surface area contributed by atoms with Crippen LogP contribution in [0.1, 0.15) is 29.0 Å². The summed E-state index contributed by atoms with van der Waals surface area (Å²) in [5, 5.41) is 2.58. The maximum atomic E-state index is 11.8. The first kappa shape index (κ1) is 14.9. The van der Waals surface area contributed by atoms with Crippen LogP contribution in [0.15, 0.2) is 36.5 Å². The van der Waals surface area contributed by atoms with Crippen LogP contribution in [-0.4, -0.2) is 34.4 Å². The standard InChI is InChI=1S/C19H19N3O2/c1-11-4-3-5-14(12(11)2)16-7-6-13(9-20-16)15-8-17(15)22-18(23)10-21-19(22)24/h3-7,9,15,17H,8,10H2,1-2H3,(H,21,24)/t15-,17+/m0/s1. The highest BCUT2D eigenvalue weighted by molar-refractivity contribution is 6.02. The highest BCUT2D eigenvalue weighted by Gasteiger charge is 2.49. The van der Waals surface area contributed by atoms with Gasteiger partial charge < -0.3 is 5.32 Å². The molecule has 2 aromatic rings. The molecule has 1 aliphatic carbocycles. The number of amides is 3. The number of hydrogen-bond acceptors (Lipinski definition) is 3. The van der Waals surface area contributed by atoms with Gasteiger partial charge in [-0.2, -0.15) is 0 Å². The second-order valence-corrected chi connectivity index (χ2v) is 6.56. The summed E-state index contributed by atoms with van der Waals surface area (Å²) < 4.78 is 0. The third-order valence-corrected chi connectivity index (χ3v) is 5.06. The number of urea groups is 1. The van der Waals surface area contributed by atoms with E-state index in [9.17, 15) is 9.59 Å². The maximum Gasteiger partial charge on any atom is 0.324 e. The van der Waals surface area contributed by atoms with Crippen molar-refractivity contribution in [2.45, 2.75) is 32.2 Å². The van der Waals surface area contributed by atoms with E-state index in [1.54, 1.807) is 0 Å². The quantitative estimate of drug-likeness (QED) is 0.884. The first-order chi connectivity index (χ1) is 11.6. The Morgan fingerprint density at radius 1 is 1.17 bits per heavy atom. The van der Waals surface area contributed by atoms with Crippen LogP contribution in [-0.2, 0) is 4.79 Å². The van der Waals surface area contributed by atoms with E-state index in [4.69, 9.17) is 0 Å². The molecule has 1 N–H and O–H groups in total. The van der Waals surface area contributed by atoms with Gasteiger partial charge in [-0.15, -0.1) is 0 Å². The highest BCUT2D eigenvalue weighted by Crippen LogP contribution is 2.45. The van der Waals surface area contributed by atoms with Crippen LogP contribution in [0.3, 0.4) is 0 Å². The Morgan fingerprint density at radius 2 is 2.00 bits per heavy atom. The summed E-state index contributed by atoms with van der Waals surface area (Å²) >= 11 is 0. The normalized spacial score (nSPS) is 22.7. The number of aromatic nitrogens is 1. The van der Waals surface area contributed by atoms with Crippen LogP contribution in [0.2, 0.25) is 0 Å². The van der Waals surface area contributed by atoms with Crippen molar-refractivity contribution in [2.75, 3.05) is 6.54 Å². The van der Waals surface area contributed by atoms with Gasteiger partial charge in [-0.25, -0.2) is 4.79 Å². The molecule has 122 valence electrons. The molecule has 0 radical (unpaired) electrons. The van der Waals surface area contributed by atoms with E-state index < -0.39 is 0 Å². The number of aryl methyl sites for hydroxylation is 1. The number of benzene rings is 1. The Kier molecular flexibility index (Phi) is 3.37. The van der Waals surface area contributed by atoms with E-state index in [1.165, 1.54) is 16.0 Å². The molecular formula is C19H19N3O2. The van der Waals surface area contributed by atoms with Gasteiger partial charge in [-0.3, -0.25) is 14.7 Å². The molecule has 1 aromatic heterocycles. The molecule has 2 heterocycles. The summed E-state index contributed by atoms with van der Waals surface area (Å²) in [6.45, 7) is 4.32. The summed E-state index contributed by atoms with van der Waals surface area (Å²) in [6.07, 6.45) is 2.70. The zero-order valence-corrected chi connectivity index (χ0v) is 13.7. The number of imide groups is 1. The van der Waals surface area contributed by atoms with E-state index in [2.05, 4.69) is 42.3 Å². The Bertz CT molecular complexity index is 813. The minimum Gasteiger partial charge on any atom is -0.329 e. The van der Waals surface area contributed by atoms with Crippen LogP contribution in [0.25, 0.3) is 11.3 Å². The van der Waals surface area contributed by atoms with Gasteiger partial charge in [-0.1, -0.05) is 24.3 Å². The Morgan fingerprint density at radius 3 is 2.67 bits per heavy atom. The third kappa shape index (κ3) is 2.37. The van der Waals surface area contributed by atoms with Gasteiger partial charge in [0.05, 0.1) is 12.2 Å². The second kappa shape index (κ2) is 5.44. The van der Waals surface area contributed by atoms with Gasteiger partial charge in [-0.05, 0) is 43.0 Å². The van der Waals surface area contributed by atoms with E-state index in [1.807, 2.05) is 18.3 Å². The van der Waals surface area contributed by atoms with Crippen molar-refractivity contribution in [3.8, 4) is 11.3 Å². The predicted octanol–water partition coefficient (Wildman–Crippen LogP) is 2.77. The molecule has 1 aromatic carbocycles. The molecule has 4 rings (SSSR count). The highest BCUT2D eigenvalue weighted by atomic mass is 16.2. The minimum atomic E-state index is -0.271. The van der Waals surface area contributed by atoms with Crippen LogP contribution in [0, 0.1) is 13.8 Å². The number of rotatable bonds is 3. The van der Waals surface area contributed by atoms with Gasteiger partial charge in [0.1, 0.15) is 0 Å². The molecule has 0 spiro atoms. The Balaban J connectivity index is 1.54. The third-order valence-electron chi connectivity index (χ3n) is 5.06. The Labute approximate surface area is 140 Å². The number of hydrogen-bond donors (Lipinski definition) is 1. The molecule has 2 fully saturated rings. The van der Waals surface area contributed by atoms with Crippen molar-refractivity contribution in [1.29, 1.82) is 0 Å². The van der Waals surface area contributed by atoms with Crippen molar-refractivity contribution < 1.29 is 9.59 Å². The lowest BCUT2D eigenvalue weighted by molar-refractivity contribution is -0.125. The number of nitrogens with zero attached hydrogens (tertiary/aromatic N) is 2. The van der Waals surface area contributed by atoms with Crippen molar-refractivity contribution >= 4 is 11.9 Å². The van der Waals surface area contributed by atoms with E-state index in [-0.39, 0.29) is 30.4 Å². The SMILES string of the molecule is Cc1cccc(-c2ccc([C@@H]3C[C@H]3N3C(=O)CNC3=O)cn2)c1C. The second-order valence-electron chi connectivity index (χ2n) is 6.56. The molecular weight excluding hydrogens is 302 g/mol.